The average Bonchev–Trinajstić information content (AvgIpc) is 2.56. The Kier molecular flexibility index (Phi) is 4.98. The molecular formula is C17H20FN3O. The summed E-state index contributed by atoms with van der Waals surface area (Å²) in [4.78, 5) is 6.59. The third-order valence-corrected chi connectivity index (χ3v) is 3.87. The molecule has 0 amide bonds. The molecule has 1 unspecified atom stereocenters. The Morgan fingerprint density at radius 1 is 1.32 bits per heavy atom. The van der Waals surface area contributed by atoms with E-state index in [2.05, 4.69) is 21.3 Å². The molecular weight excluding hydrogens is 281 g/mol. The first-order valence-electron chi connectivity index (χ1n) is 7.56. The third kappa shape index (κ3) is 3.81. The van der Waals surface area contributed by atoms with Gasteiger partial charge in [-0.2, -0.15) is 0 Å². The van der Waals surface area contributed by atoms with E-state index in [-0.39, 0.29) is 5.82 Å². The summed E-state index contributed by atoms with van der Waals surface area (Å²) in [5.74, 6) is 0.306. The number of benzene rings is 1. The number of piperazine rings is 1. The fourth-order valence-corrected chi connectivity index (χ4v) is 2.75. The van der Waals surface area contributed by atoms with Crippen molar-refractivity contribution in [2.24, 2.45) is 0 Å². The molecule has 0 bridgehead atoms. The zero-order valence-electron chi connectivity index (χ0n) is 12.4. The lowest BCUT2D eigenvalue weighted by Gasteiger charge is -2.36. The van der Waals surface area contributed by atoms with Gasteiger partial charge in [-0.3, -0.25) is 9.88 Å². The monoisotopic (exact) mass is 301 g/mol. The van der Waals surface area contributed by atoms with Gasteiger partial charge < -0.3 is 10.1 Å². The first-order valence-corrected chi connectivity index (χ1v) is 7.56. The minimum atomic E-state index is -0.270. The molecule has 4 nitrogen and oxygen atoms in total. The van der Waals surface area contributed by atoms with Gasteiger partial charge in [0.1, 0.15) is 18.2 Å². The first-order chi connectivity index (χ1) is 10.8. The van der Waals surface area contributed by atoms with Crippen molar-refractivity contribution in [2.75, 3.05) is 32.8 Å². The average molecular weight is 301 g/mol. The lowest BCUT2D eigenvalue weighted by atomic mass is 10.1. The summed E-state index contributed by atoms with van der Waals surface area (Å²) in [7, 11) is 0. The minimum absolute atomic E-state index is 0.270. The van der Waals surface area contributed by atoms with Crippen LogP contribution in [0.5, 0.6) is 5.75 Å². The van der Waals surface area contributed by atoms with E-state index in [4.69, 9.17) is 4.74 Å². The number of nitrogens with one attached hydrogen (secondary N) is 1. The number of aromatic nitrogens is 1. The Labute approximate surface area is 129 Å². The van der Waals surface area contributed by atoms with Gasteiger partial charge in [-0.25, -0.2) is 4.39 Å². The maximum absolute atomic E-state index is 13.1. The highest BCUT2D eigenvalue weighted by molar-refractivity contribution is 5.22. The van der Waals surface area contributed by atoms with Gasteiger partial charge >= 0.3 is 0 Å². The van der Waals surface area contributed by atoms with Crippen LogP contribution in [0.15, 0.2) is 48.8 Å². The van der Waals surface area contributed by atoms with Crippen LogP contribution in [-0.4, -0.2) is 42.7 Å². The molecule has 116 valence electrons. The number of hydrogen-bond donors (Lipinski definition) is 1. The lowest BCUT2D eigenvalue weighted by Crippen LogP contribution is -2.47. The lowest BCUT2D eigenvalue weighted by molar-refractivity contribution is 0.133. The standard InChI is InChI=1S/C17H20FN3O/c18-15-4-1-5-16(11-15)22-10-9-21-8-7-20-13-17(21)14-3-2-6-19-12-14/h1-6,11-12,17,20H,7-10,13H2. The van der Waals surface area contributed by atoms with Crippen molar-refractivity contribution in [3.63, 3.8) is 0 Å². The SMILES string of the molecule is Fc1cccc(OCCN2CCNCC2c2cccnc2)c1. The van der Waals surface area contributed by atoms with Gasteiger partial charge in [0.25, 0.3) is 0 Å². The molecule has 1 atom stereocenters. The second kappa shape index (κ2) is 7.33. The van der Waals surface area contributed by atoms with Crippen molar-refractivity contribution in [3.05, 3.63) is 60.2 Å². The summed E-state index contributed by atoms with van der Waals surface area (Å²) in [6, 6.07) is 10.6. The van der Waals surface area contributed by atoms with Crippen LogP contribution in [0.1, 0.15) is 11.6 Å². The van der Waals surface area contributed by atoms with Gasteiger partial charge in [0.2, 0.25) is 0 Å². The molecule has 2 aromatic rings. The summed E-state index contributed by atoms with van der Waals surface area (Å²) < 4.78 is 18.8. The third-order valence-electron chi connectivity index (χ3n) is 3.87. The molecule has 1 fully saturated rings. The zero-order chi connectivity index (χ0) is 15.2. The second-order valence-corrected chi connectivity index (χ2v) is 5.35. The second-order valence-electron chi connectivity index (χ2n) is 5.35. The van der Waals surface area contributed by atoms with Gasteiger partial charge in [0.15, 0.2) is 0 Å². The molecule has 1 aliphatic rings. The maximum atomic E-state index is 13.1. The number of nitrogens with zero attached hydrogens (tertiary/aromatic N) is 2. The smallest absolute Gasteiger partial charge is 0.126 e. The summed E-state index contributed by atoms with van der Waals surface area (Å²) >= 11 is 0. The summed E-state index contributed by atoms with van der Waals surface area (Å²) in [6.45, 7) is 4.19. The molecule has 0 saturated carbocycles. The Morgan fingerprint density at radius 3 is 3.09 bits per heavy atom. The Morgan fingerprint density at radius 2 is 2.27 bits per heavy atom. The predicted molar refractivity (Wildman–Crippen MR) is 83.3 cm³/mol. The number of hydrogen-bond acceptors (Lipinski definition) is 4. The van der Waals surface area contributed by atoms with E-state index in [1.165, 1.54) is 17.7 Å². The molecule has 1 saturated heterocycles. The molecule has 0 aliphatic carbocycles. The van der Waals surface area contributed by atoms with Crippen LogP contribution in [-0.2, 0) is 0 Å². The number of halogens is 1. The van der Waals surface area contributed by atoms with Gasteiger partial charge in [-0.05, 0) is 23.8 Å². The van der Waals surface area contributed by atoms with E-state index in [1.54, 1.807) is 18.3 Å². The molecule has 2 heterocycles. The number of pyridine rings is 1. The molecule has 1 aromatic carbocycles. The van der Waals surface area contributed by atoms with Crippen molar-refractivity contribution < 1.29 is 9.13 Å². The molecule has 3 rings (SSSR count). The zero-order valence-corrected chi connectivity index (χ0v) is 12.4. The summed E-state index contributed by atoms with van der Waals surface area (Å²) in [6.07, 6.45) is 3.70. The van der Waals surface area contributed by atoms with Crippen LogP contribution in [0.2, 0.25) is 0 Å². The molecule has 0 radical (unpaired) electrons. The van der Waals surface area contributed by atoms with Gasteiger partial charge in [-0.15, -0.1) is 0 Å². The number of rotatable bonds is 5. The first kappa shape index (κ1) is 14.9. The van der Waals surface area contributed by atoms with Crippen molar-refractivity contribution in [2.45, 2.75) is 6.04 Å². The van der Waals surface area contributed by atoms with E-state index >= 15 is 0 Å². The summed E-state index contributed by atoms with van der Waals surface area (Å²) in [5, 5.41) is 3.42. The molecule has 1 aliphatic heterocycles. The molecule has 1 aromatic heterocycles. The van der Waals surface area contributed by atoms with E-state index in [0.717, 1.165) is 26.2 Å². The maximum Gasteiger partial charge on any atom is 0.126 e. The normalized spacial score (nSPS) is 19.0. The molecule has 5 heteroatoms. The molecule has 22 heavy (non-hydrogen) atoms. The van der Waals surface area contributed by atoms with E-state index in [9.17, 15) is 4.39 Å². The molecule has 0 spiro atoms. The van der Waals surface area contributed by atoms with Crippen LogP contribution in [0.4, 0.5) is 4.39 Å². The van der Waals surface area contributed by atoms with E-state index in [1.807, 2.05) is 12.3 Å². The van der Waals surface area contributed by atoms with Gasteiger partial charge in [-0.1, -0.05) is 12.1 Å². The van der Waals surface area contributed by atoms with Crippen molar-refractivity contribution in [1.29, 1.82) is 0 Å². The topological polar surface area (TPSA) is 37.4 Å². The van der Waals surface area contributed by atoms with Crippen LogP contribution in [0.25, 0.3) is 0 Å². The Balaban J connectivity index is 1.58. The Hall–Kier alpha value is -1.98. The fraction of sp³-hybridized carbons (Fsp3) is 0.353. The quantitative estimate of drug-likeness (QED) is 0.919. The minimum Gasteiger partial charge on any atom is -0.492 e. The summed E-state index contributed by atoms with van der Waals surface area (Å²) in [5.41, 5.74) is 1.21. The molecule has 1 N–H and O–H groups in total. The van der Waals surface area contributed by atoms with E-state index in [0.29, 0.717) is 18.4 Å². The fourth-order valence-electron chi connectivity index (χ4n) is 2.75. The van der Waals surface area contributed by atoms with Crippen molar-refractivity contribution >= 4 is 0 Å². The Bertz CT molecular complexity index is 593. The van der Waals surface area contributed by atoms with E-state index < -0.39 is 0 Å². The van der Waals surface area contributed by atoms with Crippen molar-refractivity contribution in [3.8, 4) is 5.75 Å². The largest absolute Gasteiger partial charge is 0.492 e. The highest BCUT2D eigenvalue weighted by Crippen LogP contribution is 2.21. The predicted octanol–water partition coefficient (Wildman–Crippen LogP) is 2.25. The van der Waals surface area contributed by atoms with Crippen LogP contribution in [0.3, 0.4) is 0 Å². The van der Waals surface area contributed by atoms with Gasteiger partial charge in [0, 0.05) is 50.7 Å². The van der Waals surface area contributed by atoms with Crippen molar-refractivity contribution in [1.82, 2.24) is 15.2 Å². The number of ether oxygens (including phenoxy) is 1. The van der Waals surface area contributed by atoms with Crippen LogP contribution >= 0.6 is 0 Å². The van der Waals surface area contributed by atoms with Crippen LogP contribution < -0.4 is 10.1 Å². The highest BCUT2D eigenvalue weighted by Gasteiger charge is 2.23. The van der Waals surface area contributed by atoms with Gasteiger partial charge in [0.05, 0.1) is 0 Å². The van der Waals surface area contributed by atoms with Crippen LogP contribution in [0, 0.1) is 5.82 Å². The highest BCUT2D eigenvalue weighted by atomic mass is 19.1.